The molecule has 1 aromatic carbocycles. The molecule has 2 aromatic heterocycles. The van der Waals surface area contributed by atoms with Gasteiger partial charge in [0.05, 0.1) is 16.9 Å². The Balaban J connectivity index is 1.71. The van der Waals surface area contributed by atoms with Crippen LogP contribution in [0.4, 0.5) is 10.8 Å². The molecule has 0 aliphatic heterocycles. The Bertz CT molecular complexity index is 866. The third-order valence-electron chi connectivity index (χ3n) is 3.33. The van der Waals surface area contributed by atoms with E-state index in [-0.39, 0.29) is 12.5 Å². The number of carbonyl (C=O) groups is 2. The first-order valence-electron chi connectivity index (χ1n) is 7.52. The molecule has 3 aromatic rings. The van der Waals surface area contributed by atoms with Crippen molar-refractivity contribution >= 4 is 34.0 Å². The second kappa shape index (κ2) is 7.67. The minimum Gasteiger partial charge on any atom is -0.456 e. The Hall–Kier alpha value is -3.06. The van der Waals surface area contributed by atoms with Crippen LogP contribution in [0.1, 0.15) is 23.0 Å². The first kappa shape index (κ1) is 16.8. The number of pyridine rings is 1. The van der Waals surface area contributed by atoms with Crippen LogP contribution in [0.2, 0.25) is 0 Å². The number of hydrogen-bond donors (Lipinski definition) is 0. The van der Waals surface area contributed by atoms with Crippen LogP contribution >= 0.6 is 11.3 Å². The number of ether oxygens (including phenoxy) is 1. The maximum absolute atomic E-state index is 12.0. The monoisotopic (exact) mass is 353 g/mol. The Morgan fingerprint density at radius 2 is 1.84 bits per heavy atom. The number of aromatic nitrogens is 2. The Morgan fingerprint density at radius 1 is 1.12 bits per heavy atom. The van der Waals surface area contributed by atoms with E-state index in [1.165, 1.54) is 35.6 Å². The van der Waals surface area contributed by atoms with Crippen LogP contribution in [-0.2, 0) is 16.1 Å². The molecule has 6 nitrogen and oxygen atoms in total. The number of nitrogens with zero attached hydrogens (tertiary/aromatic N) is 3. The zero-order valence-corrected chi connectivity index (χ0v) is 14.3. The summed E-state index contributed by atoms with van der Waals surface area (Å²) >= 11 is 1.32. The van der Waals surface area contributed by atoms with Crippen LogP contribution in [0.3, 0.4) is 0 Å². The molecule has 7 heteroatoms. The van der Waals surface area contributed by atoms with Crippen LogP contribution in [0, 0.1) is 0 Å². The number of thiazole rings is 1. The maximum Gasteiger partial charge on any atom is 0.338 e. The van der Waals surface area contributed by atoms with Crippen LogP contribution in [0.5, 0.6) is 0 Å². The summed E-state index contributed by atoms with van der Waals surface area (Å²) in [4.78, 5) is 33.7. The summed E-state index contributed by atoms with van der Waals surface area (Å²) in [5, 5.41) is 2.31. The lowest BCUT2D eigenvalue weighted by atomic mass is 10.3. The fourth-order valence-electron chi connectivity index (χ4n) is 2.18. The van der Waals surface area contributed by atoms with Gasteiger partial charge in [-0.15, -0.1) is 11.3 Å². The summed E-state index contributed by atoms with van der Waals surface area (Å²) < 4.78 is 5.25. The fraction of sp³-hybridized carbons (Fsp3) is 0.111. The average Bonchev–Trinajstić information content (AvgIpc) is 3.09. The van der Waals surface area contributed by atoms with E-state index in [4.69, 9.17) is 4.74 Å². The van der Waals surface area contributed by atoms with Gasteiger partial charge in [0.25, 0.3) is 0 Å². The molecule has 3 rings (SSSR count). The van der Waals surface area contributed by atoms with Crippen molar-refractivity contribution in [2.24, 2.45) is 0 Å². The maximum atomic E-state index is 12.0. The van der Waals surface area contributed by atoms with Gasteiger partial charge >= 0.3 is 5.97 Å². The molecule has 0 bridgehead atoms. The smallest absolute Gasteiger partial charge is 0.338 e. The molecule has 0 saturated carbocycles. The number of amides is 1. The van der Waals surface area contributed by atoms with E-state index in [1.54, 1.807) is 17.5 Å². The molecule has 1 amide bonds. The molecule has 2 heterocycles. The molecule has 0 aliphatic carbocycles. The van der Waals surface area contributed by atoms with Crippen LogP contribution < -0.4 is 4.90 Å². The van der Waals surface area contributed by atoms with Gasteiger partial charge < -0.3 is 4.74 Å². The quantitative estimate of drug-likeness (QED) is 0.656. The molecule has 0 spiro atoms. The summed E-state index contributed by atoms with van der Waals surface area (Å²) in [6.45, 7) is 1.52. The number of para-hydroxylation sites is 1. The molecule has 0 N–H and O–H groups in total. The molecule has 25 heavy (non-hydrogen) atoms. The number of rotatable bonds is 5. The second-order valence-corrected chi connectivity index (χ2v) is 5.96. The highest BCUT2D eigenvalue weighted by Crippen LogP contribution is 2.28. The Kier molecular flexibility index (Phi) is 5.15. The standard InChI is InChI=1S/C18H15N3O3S/c1-13(22)21(16-5-3-2-4-6-16)18-20-15(12-25-18)11-24-17(23)14-7-9-19-10-8-14/h2-10,12H,11H2,1H3. The van der Waals surface area contributed by atoms with Crippen molar-refractivity contribution in [2.45, 2.75) is 13.5 Å². The molecule has 0 saturated heterocycles. The summed E-state index contributed by atoms with van der Waals surface area (Å²) in [6.07, 6.45) is 3.06. The predicted molar refractivity (Wildman–Crippen MR) is 94.7 cm³/mol. The van der Waals surface area contributed by atoms with Gasteiger partial charge in [0.2, 0.25) is 5.91 Å². The lowest BCUT2D eigenvalue weighted by Crippen LogP contribution is -2.22. The largest absolute Gasteiger partial charge is 0.456 e. The van der Waals surface area contributed by atoms with Crippen molar-refractivity contribution in [3.8, 4) is 0 Å². The van der Waals surface area contributed by atoms with E-state index in [9.17, 15) is 9.59 Å². The Labute approximate surface area is 148 Å². The summed E-state index contributed by atoms with van der Waals surface area (Å²) in [5.41, 5.74) is 1.76. The lowest BCUT2D eigenvalue weighted by molar-refractivity contribution is -0.115. The van der Waals surface area contributed by atoms with Gasteiger partial charge in [0.15, 0.2) is 5.13 Å². The van der Waals surface area contributed by atoms with Crippen LogP contribution in [-0.4, -0.2) is 21.8 Å². The molecular weight excluding hydrogens is 338 g/mol. The molecule has 0 unspecified atom stereocenters. The predicted octanol–water partition coefficient (Wildman–Crippen LogP) is 3.58. The zero-order valence-electron chi connectivity index (χ0n) is 13.5. The lowest BCUT2D eigenvalue weighted by Gasteiger charge is -2.17. The number of benzene rings is 1. The highest BCUT2D eigenvalue weighted by atomic mass is 32.1. The first-order valence-corrected chi connectivity index (χ1v) is 8.40. The summed E-state index contributed by atoms with van der Waals surface area (Å²) in [6, 6.07) is 12.4. The van der Waals surface area contributed by atoms with Crippen molar-refractivity contribution in [2.75, 3.05) is 4.90 Å². The minimum atomic E-state index is -0.441. The normalized spacial score (nSPS) is 10.3. The SMILES string of the molecule is CC(=O)N(c1ccccc1)c1nc(COC(=O)c2ccncc2)cs1. The molecule has 126 valence electrons. The molecule has 0 radical (unpaired) electrons. The van der Waals surface area contributed by atoms with E-state index in [1.807, 2.05) is 30.3 Å². The van der Waals surface area contributed by atoms with Gasteiger partial charge in [-0.05, 0) is 24.3 Å². The van der Waals surface area contributed by atoms with Gasteiger partial charge in [0, 0.05) is 24.7 Å². The van der Waals surface area contributed by atoms with Gasteiger partial charge in [-0.25, -0.2) is 9.78 Å². The van der Waals surface area contributed by atoms with E-state index in [0.717, 1.165) is 5.69 Å². The molecule has 0 atom stereocenters. The first-order chi connectivity index (χ1) is 12.1. The van der Waals surface area contributed by atoms with Crippen molar-refractivity contribution in [3.63, 3.8) is 0 Å². The van der Waals surface area contributed by atoms with E-state index in [0.29, 0.717) is 16.4 Å². The summed E-state index contributed by atoms with van der Waals surface area (Å²) in [5.74, 6) is -0.579. The van der Waals surface area contributed by atoms with E-state index in [2.05, 4.69) is 9.97 Å². The van der Waals surface area contributed by atoms with E-state index < -0.39 is 5.97 Å². The molecule has 0 fully saturated rings. The summed E-state index contributed by atoms with van der Waals surface area (Å²) in [7, 11) is 0. The minimum absolute atomic E-state index is 0.0399. The molecule has 0 aliphatic rings. The van der Waals surface area contributed by atoms with Crippen LogP contribution in [0.15, 0.2) is 60.2 Å². The van der Waals surface area contributed by atoms with Gasteiger partial charge in [-0.2, -0.15) is 0 Å². The number of esters is 1. The third kappa shape index (κ3) is 4.07. The number of carbonyl (C=O) groups excluding carboxylic acids is 2. The van der Waals surface area contributed by atoms with Crippen molar-refractivity contribution in [1.82, 2.24) is 9.97 Å². The highest BCUT2D eigenvalue weighted by Gasteiger charge is 2.18. The highest BCUT2D eigenvalue weighted by molar-refractivity contribution is 7.14. The number of hydrogen-bond acceptors (Lipinski definition) is 6. The Morgan fingerprint density at radius 3 is 2.52 bits per heavy atom. The van der Waals surface area contributed by atoms with Crippen molar-refractivity contribution in [3.05, 3.63) is 71.5 Å². The molecular formula is C18H15N3O3S. The third-order valence-corrected chi connectivity index (χ3v) is 4.20. The zero-order chi connectivity index (χ0) is 17.6. The number of anilines is 2. The van der Waals surface area contributed by atoms with Crippen LogP contribution in [0.25, 0.3) is 0 Å². The van der Waals surface area contributed by atoms with Gasteiger partial charge in [0.1, 0.15) is 6.61 Å². The van der Waals surface area contributed by atoms with E-state index >= 15 is 0 Å². The van der Waals surface area contributed by atoms with Gasteiger partial charge in [-0.1, -0.05) is 18.2 Å². The topological polar surface area (TPSA) is 72.4 Å². The van der Waals surface area contributed by atoms with Crippen molar-refractivity contribution in [1.29, 1.82) is 0 Å². The second-order valence-electron chi connectivity index (χ2n) is 5.12. The van der Waals surface area contributed by atoms with Gasteiger partial charge in [-0.3, -0.25) is 14.7 Å². The van der Waals surface area contributed by atoms with Crippen molar-refractivity contribution < 1.29 is 14.3 Å². The average molecular weight is 353 g/mol. The fourth-order valence-corrected chi connectivity index (χ4v) is 3.05.